The molecule has 6 heteroatoms. The van der Waals surface area contributed by atoms with E-state index in [1.54, 1.807) is 0 Å². The zero-order valence-corrected chi connectivity index (χ0v) is 10.6. The zero-order chi connectivity index (χ0) is 13.7. The van der Waals surface area contributed by atoms with Crippen LogP contribution in [0.2, 0.25) is 10.0 Å². The number of oxime groups is 1. The van der Waals surface area contributed by atoms with Crippen molar-refractivity contribution in [3.63, 3.8) is 0 Å². The molecule has 0 saturated carbocycles. The monoisotopic (exact) mass is 285 g/mol. The summed E-state index contributed by atoms with van der Waals surface area (Å²) in [6.07, 6.45) is 4.14. The molecule has 0 radical (unpaired) electrons. The highest BCUT2D eigenvalue weighted by Crippen LogP contribution is 2.29. The smallest absolute Gasteiger partial charge is 0.338 e. The van der Waals surface area contributed by atoms with Gasteiger partial charge in [-0.25, -0.2) is 4.79 Å². The Kier molecular flexibility index (Phi) is 4.95. The third kappa shape index (κ3) is 3.12. The minimum absolute atomic E-state index is 0.0266. The fraction of sp³-hybridized carbons (Fsp3) is 0. The predicted molar refractivity (Wildman–Crippen MR) is 71.9 cm³/mol. The predicted octanol–water partition coefficient (Wildman–Crippen LogP) is 3.72. The molecule has 1 aromatic carbocycles. The number of aromatic carboxylic acids is 1. The number of carboxylic acid groups (broad SMARTS) is 1. The Morgan fingerprint density at radius 3 is 2.28 bits per heavy atom. The summed E-state index contributed by atoms with van der Waals surface area (Å²) in [5, 5.41) is 20.1. The second kappa shape index (κ2) is 6.23. The van der Waals surface area contributed by atoms with Crippen LogP contribution in [-0.4, -0.2) is 22.5 Å². The van der Waals surface area contributed by atoms with Gasteiger partial charge in [-0.1, -0.05) is 41.0 Å². The Bertz CT molecular complexity index is 527. The zero-order valence-electron chi connectivity index (χ0n) is 9.10. The van der Waals surface area contributed by atoms with Crippen LogP contribution in [-0.2, 0) is 0 Å². The maximum Gasteiger partial charge on any atom is 0.338 e. The van der Waals surface area contributed by atoms with Crippen LogP contribution in [0.5, 0.6) is 0 Å². The van der Waals surface area contributed by atoms with Gasteiger partial charge in [-0.05, 0) is 29.3 Å². The van der Waals surface area contributed by atoms with E-state index in [0.717, 1.165) is 6.21 Å². The fourth-order valence-electron chi connectivity index (χ4n) is 1.34. The molecule has 0 aliphatic rings. The average Bonchev–Trinajstić information content (AvgIpc) is 2.28. The first-order chi connectivity index (χ1) is 8.51. The van der Waals surface area contributed by atoms with E-state index in [9.17, 15) is 4.79 Å². The van der Waals surface area contributed by atoms with Crippen molar-refractivity contribution in [1.29, 1.82) is 0 Å². The molecule has 0 aliphatic heterocycles. The van der Waals surface area contributed by atoms with Crippen molar-refractivity contribution in [2.24, 2.45) is 5.16 Å². The minimum Gasteiger partial charge on any atom is -0.478 e. The van der Waals surface area contributed by atoms with E-state index < -0.39 is 5.97 Å². The van der Waals surface area contributed by atoms with Crippen LogP contribution < -0.4 is 0 Å². The number of carboxylic acids is 1. The highest BCUT2D eigenvalue weighted by atomic mass is 35.5. The van der Waals surface area contributed by atoms with Gasteiger partial charge in [0.2, 0.25) is 0 Å². The second-order valence-corrected chi connectivity index (χ2v) is 4.03. The largest absolute Gasteiger partial charge is 0.478 e. The van der Waals surface area contributed by atoms with Crippen molar-refractivity contribution >= 4 is 41.0 Å². The number of hydrogen-bond acceptors (Lipinski definition) is 3. The molecule has 0 aliphatic carbocycles. The van der Waals surface area contributed by atoms with E-state index in [-0.39, 0.29) is 15.6 Å². The van der Waals surface area contributed by atoms with Crippen LogP contribution in [0, 0.1) is 0 Å². The lowest BCUT2D eigenvalue weighted by Crippen LogP contribution is -1.99. The molecule has 0 unspecified atom stereocenters. The highest BCUT2D eigenvalue weighted by molar-refractivity contribution is 6.39. The summed E-state index contributed by atoms with van der Waals surface area (Å²) in [7, 11) is 0. The first-order valence-electron chi connectivity index (χ1n) is 4.74. The highest BCUT2D eigenvalue weighted by Gasteiger charge is 2.15. The van der Waals surface area contributed by atoms with E-state index in [1.807, 2.05) is 0 Å². The molecular formula is C12H9Cl2NO3. The summed E-state index contributed by atoms with van der Waals surface area (Å²) in [5.41, 5.74) is 1.01. The fourth-order valence-corrected chi connectivity index (χ4v) is 1.99. The minimum atomic E-state index is -1.20. The summed E-state index contributed by atoms with van der Waals surface area (Å²) in [6.45, 7) is 3.59. The molecule has 0 amide bonds. The standard InChI is InChI=1S/C12H9Cl2NO3/c1-2-7(3-4-15-18)8-5-9(13)11(12(16)17)10(14)6-8/h2-6,18H,1H2,(H,16,17)/b7-3+,15-4+. The lowest BCUT2D eigenvalue weighted by atomic mass is 10.0. The molecule has 18 heavy (non-hydrogen) atoms. The number of allylic oxidation sites excluding steroid dienone is 3. The third-order valence-corrected chi connectivity index (χ3v) is 2.73. The van der Waals surface area contributed by atoms with Crippen molar-refractivity contribution in [2.75, 3.05) is 0 Å². The van der Waals surface area contributed by atoms with Gasteiger partial charge < -0.3 is 10.3 Å². The Morgan fingerprint density at radius 1 is 1.33 bits per heavy atom. The Morgan fingerprint density at radius 2 is 1.89 bits per heavy atom. The lowest BCUT2D eigenvalue weighted by molar-refractivity contribution is 0.0697. The molecule has 4 nitrogen and oxygen atoms in total. The second-order valence-electron chi connectivity index (χ2n) is 3.21. The quantitative estimate of drug-likeness (QED) is 0.383. The number of hydrogen-bond donors (Lipinski definition) is 2. The van der Waals surface area contributed by atoms with Crippen LogP contribution in [0.4, 0.5) is 0 Å². The topological polar surface area (TPSA) is 69.9 Å². The van der Waals surface area contributed by atoms with E-state index >= 15 is 0 Å². The first kappa shape index (κ1) is 14.3. The van der Waals surface area contributed by atoms with Gasteiger partial charge in [0.15, 0.2) is 0 Å². The van der Waals surface area contributed by atoms with Crippen LogP contribution in [0.1, 0.15) is 15.9 Å². The normalized spacial score (nSPS) is 11.8. The van der Waals surface area contributed by atoms with Crippen molar-refractivity contribution in [2.45, 2.75) is 0 Å². The molecule has 94 valence electrons. The van der Waals surface area contributed by atoms with Crippen LogP contribution in [0.3, 0.4) is 0 Å². The Hall–Kier alpha value is -1.78. The molecule has 0 atom stereocenters. The molecule has 1 rings (SSSR count). The maximum atomic E-state index is 10.9. The summed E-state index contributed by atoms with van der Waals surface area (Å²) in [4.78, 5) is 10.9. The number of rotatable bonds is 4. The molecule has 0 bridgehead atoms. The molecule has 0 aromatic heterocycles. The van der Waals surface area contributed by atoms with Gasteiger partial charge >= 0.3 is 5.97 Å². The number of nitrogens with zero attached hydrogens (tertiary/aromatic N) is 1. The van der Waals surface area contributed by atoms with Gasteiger partial charge in [-0.15, -0.1) is 0 Å². The SMILES string of the molecule is C=C/C(=C\C=N\O)c1cc(Cl)c(C(=O)O)c(Cl)c1. The number of benzene rings is 1. The van der Waals surface area contributed by atoms with Gasteiger partial charge in [0.05, 0.1) is 21.8 Å². The molecule has 0 saturated heterocycles. The van der Waals surface area contributed by atoms with E-state index in [4.69, 9.17) is 33.5 Å². The van der Waals surface area contributed by atoms with Crippen molar-refractivity contribution in [1.82, 2.24) is 0 Å². The van der Waals surface area contributed by atoms with Gasteiger partial charge in [0, 0.05) is 0 Å². The van der Waals surface area contributed by atoms with Gasteiger partial charge in [-0.3, -0.25) is 0 Å². The summed E-state index contributed by atoms with van der Waals surface area (Å²) >= 11 is 11.7. The number of halogens is 2. The molecule has 0 spiro atoms. The van der Waals surface area contributed by atoms with Gasteiger partial charge in [-0.2, -0.15) is 0 Å². The van der Waals surface area contributed by atoms with E-state index in [2.05, 4.69) is 11.7 Å². The maximum absolute atomic E-state index is 10.9. The lowest BCUT2D eigenvalue weighted by Gasteiger charge is -2.07. The van der Waals surface area contributed by atoms with Gasteiger partial charge in [0.25, 0.3) is 0 Å². The summed E-state index contributed by atoms with van der Waals surface area (Å²) in [5.74, 6) is -1.20. The summed E-state index contributed by atoms with van der Waals surface area (Å²) < 4.78 is 0. The average molecular weight is 286 g/mol. The van der Waals surface area contributed by atoms with Crippen molar-refractivity contribution < 1.29 is 15.1 Å². The van der Waals surface area contributed by atoms with Crippen molar-refractivity contribution in [3.8, 4) is 0 Å². The Labute approximate surface area is 113 Å². The van der Waals surface area contributed by atoms with Crippen LogP contribution >= 0.6 is 23.2 Å². The molecular weight excluding hydrogens is 277 g/mol. The molecule has 2 N–H and O–H groups in total. The Balaban J connectivity index is 3.37. The van der Waals surface area contributed by atoms with E-state index in [1.165, 1.54) is 24.3 Å². The third-order valence-electron chi connectivity index (χ3n) is 2.13. The molecule has 0 heterocycles. The summed E-state index contributed by atoms with van der Waals surface area (Å²) in [6, 6.07) is 2.91. The number of carbonyl (C=O) groups is 1. The molecule has 1 aromatic rings. The first-order valence-corrected chi connectivity index (χ1v) is 5.49. The van der Waals surface area contributed by atoms with Crippen LogP contribution in [0.15, 0.2) is 36.0 Å². The van der Waals surface area contributed by atoms with Crippen LogP contribution in [0.25, 0.3) is 5.57 Å². The van der Waals surface area contributed by atoms with Gasteiger partial charge in [0.1, 0.15) is 0 Å². The van der Waals surface area contributed by atoms with E-state index in [0.29, 0.717) is 11.1 Å². The molecule has 0 fully saturated rings. The van der Waals surface area contributed by atoms with Crippen molar-refractivity contribution in [3.05, 3.63) is 52.0 Å².